The van der Waals surface area contributed by atoms with Crippen molar-refractivity contribution < 1.29 is 4.79 Å². The van der Waals surface area contributed by atoms with Crippen molar-refractivity contribution in [2.45, 2.75) is 45.7 Å². The number of aryl methyl sites for hydroxylation is 1. The maximum Gasteiger partial charge on any atom is 0.237 e. The van der Waals surface area contributed by atoms with Crippen molar-refractivity contribution in [1.82, 2.24) is 15.6 Å². The molecule has 1 aliphatic rings. The zero-order valence-corrected chi connectivity index (χ0v) is 11.8. The number of hydrogen-bond acceptors (Lipinski definition) is 4. The summed E-state index contributed by atoms with van der Waals surface area (Å²) in [5.41, 5.74) is 2.84. The monoisotopic (exact) mass is 267 g/mol. The summed E-state index contributed by atoms with van der Waals surface area (Å²) in [4.78, 5) is 17.4. The molecule has 2 N–H and O–H groups in total. The number of rotatable bonds is 4. The topological polar surface area (TPSA) is 54.0 Å². The summed E-state index contributed by atoms with van der Waals surface area (Å²) < 4.78 is 0. The predicted octanol–water partition coefficient (Wildman–Crippen LogP) is 1.85. The van der Waals surface area contributed by atoms with Gasteiger partial charge in [-0.15, -0.1) is 11.3 Å². The third-order valence-electron chi connectivity index (χ3n) is 3.67. The Bertz CT molecular complexity index is 405. The Morgan fingerprint density at radius 3 is 3.17 bits per heavy atom. The molecule has 0 radical (unpaired) electrons. The van der Waals surface area contributed by atoms with Crippen LogP contribution in [0.2, 0.25) is 0 Å². The average molecular weight is 267 g/mol. The van der Waals surface area contributed by atoms with Crippen LogP contribution in [0.15, 0.2) is 5.51 Å². The van der Waals surface area contributed by atoms with Gasteiger partial charge in [-0.2, -0.15) is 0 Å². The van der Waals surface area contributed by atoms with Gasteiger partial charge in [-0.3, -0.25) is 4.79 Å². The fraction of sp³-hybridized carbons (Fsp3) is 0.692. The van der Waals surface area contributed by atoms with E-state index in [0.29, 0.717) is 12.5 Å². The summed E-state index contributed by atoms with van der Waals surface area (Å²) >= 11 is 1.60. The molecule has 0 spiro atoms. The smallest absolute Gasteiger partial charge is 0.237 e. The lowest BCUT2D eigenvalue weighted by Gasteiger charge is -2.28. The molecule has 2 rings (SSSR count). The minimum Gasteiger partial charge on any atom is -0.350 e. The van der Waals surface area contributed by atoms with Gasteiger partial charge in [0.15, 0.2) is 0 Å². The first-order chi connectivity index (χ1) is 8.70. The van der Waals surface area contributed by atoms with E-state index in [1.54, 1.807) is 11.3 Å². The molecule has 5 heteroatoms. The molecule has 1 fully saturated rings. The fourth-order valence-corrected chi connectivity index (χ4v) is 3.07. The lowest BCUT2D eigenvalue weighted by atomic mass is 9.90. The average Bonchev–Trinajstić information content (AvgIpc) is 2.81. The van der Waals surface area contributed by atoms with Gasteiger partial charge in [-0.1, -0.05) is 13.3 Å². The van der Waals surface area contributed by atoms with Gasteiger partial charge in [0.25, 0.3) is 0 Å². The summed E-state index contributed by atoms with van der Waals surface area (Å²) in [7, 11) is 0. The molecule has 2 heterocycles. The largest absolute Gasteiger partial charge is 0.350 e. The Labute approximate surface area is 112 Å². The quantitative estimate of drug-likeness (QED) is 0.875. The number of carbonyl (C=O) groups excluding carboxylic acids is 1. The highest BCUT2D eigenvalue weighted by atomic mass is 32.1. The zero-order valence-electron chi connectivity index (χ0n) is 11.0. The van der Waals surface area contributed by atoms with E-state index >= 15 is 0 Å². The van der Waals surface area contributed by atoms with E-state index in [4.69, 9.17) is 0 Å². The van der Waals surface area contributed by atoms with Gasteiger partial charge in [0.05, 0.1) is 23.8 Å². The standard InChI is InChI=1S/C13H21N3OS/c1-3-10-4-5-14-11(6-10)13(17)15-7-12-9(2)16-8-18-12/h8,10-11,14H,3-7H2,1-2H3,(H,15,17). The maximum absolute atomic E-state index is 12.1. The molecule has 100 valence electrons. The number of hydrogen-bond donors (Lipinski definition) is 2. The number of thiazole rings is 1. The molecule has 2 unspecified atom stereocenters. The first-order valence-electron chi connectivity index (χ1n) is 6.60. The molecule has 18 heavy (non-hydrogen) atoms. The lowest BCUT2D eigenvalue weighted by Crippen LogP contribution is -2.48. The first-order valence-corrected chi connectivity index (χ1v) is 7.48. The van der Waals surface area contributed by atoms with Crippen LogP contribution in [-0.2, 0) is 11.3 Å². The van der Waals surface area contributed by atoms with E-state index < -0.39 is 0 Å². The highest BCUT2D eigenvalue weighted by Crippen LogP contribution is 2.19. The van der Waals surface area contributed by atoms with Crippen LogP contribution in [-0.4, -0.2) is 23.5 Å². The van der Waals surface area contributed by atoms with Crippen molar-refractivity contribution in [2.75, 3.05) is 6.54 Å². The van der Waals surface area contributed by atoms with Crippen LogP contribution in [0, 0.1) is 12.8 Å². The van der Waals surface area contributed by atoms with Gasteiger partial charge in [0, 0.05) is 4.88 Å². The van der Waals surface area contributed by atoms with Crippen molar-refractivity contribution in [2.24, 2.45) is 5.92 Å². The molecule has 1 aliphatic heterocycles. The minimum atomic E-state index is -0.0167. The fourth-order valence-electron chi connectivity index (χ4n) is 2.35. The van der Waals surface area contributed by atoms with E-state index in [-0.39, 0.29) is 11.9 Å². The van der Waals surface area contributed by atoms with Crippen molar-refractivity contribution >= 4 is 17.2 Å². The third kappa shape index (κ3) is 3.29. The number of nitrogens with zero attached hydrogens (tertiary/aromatic N) is 1. The van der Waals surface area contributed by atoms with Crippen molar-refractivity contribution in [3.63, 3.8) is 0 Å². The molecule has 0 saturated carbocycles. The molecule has 1 amide bonds. The second kappa shape index (κ2) is 6.29. The van der Waals surface area contributed by atoms with E-state index in [9.17, 15) is 4.79 Å². The van der Waals surface area contributed by atoms with Crippen LogP contribution in [0.4, 0.5) is 0 Å². The molecule has 1 aromatic heterocycles. The summed E-state index contributed by atoms with van der Waals surface area (Å²) in [6, 6.07) is -0.0167. The number of nitrogens with one attached hydrogen (secondary N) is 2. The number of carbonyl (C=O) groups is 1. The molecule has 2 atom stereocenters. The first kappa shape index (κ1) is 13.5. The summed E-state index contributed by atoms with van der Waals surface area (Å²) in [6.45, 7) is 5.73. The molecule has 0 aliphatic carbocycles. The Morgan fingerprint density at radius 2 is 2.50 bits per heavy atom. The van der Waals surface area contributed by atoms with Gasteiger partial charge in [-0.25, -0.2) is 4.98 Å². The van der Waals surface area contributed by atoms with Crippen LogP contribution in [0.25, 0.3) is 0 Å². The lowest BCUT2D eigenvalue weighted by molar-refractivity contribution is -0.124. The normalized spacial score (nSPS) is 23.9. The molecule has 1 aromatic rings. The van der Waals surface area contributed by atoms with Gasteiger partial charge in [-0.05, 0) is 32.2 Å². The predicted molar refractivity (Wildman–Crippen MR) is 73.5 cm³/mol. The second-order valence-electron chi connectivity index (χ2n) is 4.88. The van der Waals surface area contributed by atoms with Gasteiger partial charge in [0.2, 0.25) is 5.91 Å². The molecule has 0 bridgehead atoms. The van der Waals surface area contributed by atoms with Crippen molar-refractivity contribution in [1.29, 1.82) is 0 Å². The van der Waals surface area contributed by atoms with Crippen LogP contribution < -0.4 is 10.6 Å². The Balaban J connectivity index is 1.82. The number of piperidine rings is 1. The van der Waals surface area contributed by atoms with E-state index in [1.807, 2.05) is 12.4 Å². The van der Waals surface area contributed by atoms with Crippen LogP contribution in [0.3, 0.4) is 0 Å². The van der Waals surface area contributed by atoms with Crippen LogP contribution in [0.1, 0.15) is 36.8 Å². The number of aromatic nitrogens is 1. The zero-order chi connectivity index (χ0) is 13.0. The highest BCUT2D eigenvalue weighted by molar-refractivity contribution is 7.09. The van der Waals surface area contributed by atoms with Crippen molar-refractivity contribution in [3.05, 3.63) is 16.1 Å². The summed E-state index contributed by atoms with van der Waals surface area (Å²) in [6.07, 6.45) is 3.32. The third-order valence-corrected chi connectivity index (χ3v) is 4.61. The second-order valence-corrected chi connectivity index (χ2v) is 5.82. The van der Waals surface area contributed by atoms with Gasteiger partial charge < -0.3 is 10.6 Å². The minimum absolute atomic E-state index is 0.0167. The summed E-state index contributed by atoms with van der Waals surface area (Å²) in [5, 5.41) is 6.31. The Kier molecular flexibility index (Phi) is 4.72. The van der Waals surface area contributed by atoms with Crippen LogP contribution in [0.5, 0.6) is 0 Å². The Morgan fingerprint density at radius 1 is 1.67 bits per heavy atom. The van der Waals surface area contributed by atoms with Gasteiger partial charge in [0.1, 0.15) is 0 Å². The molecular formula is C13H21N3OS. The molecule has 0 aromatic carbocycles. The van der Waals surface area contributed by atoms with E-state index in [2.05, 4.69) is 22.5 Å². The van der Waals surface area contributed by atoms with E-state index in [0.717, 1.165) is 23.5 Å². The maximum atomic E-state index is 12.1. The molecule has 1 saturated heterocycles. The number of amides is 1. The van der Waals surface area contributed by atoms with Crippen molar-refractivity contribution in [3.8, 4) is 0 Å². The highest BCUT2D eigenvalue weighted by Gasteiger charge is 2.25. The van der Waals surface area contributed by atoms with Crippen LogP contribution >= 0.6 is 11.3 Å². The molecule has 4 nitrogen and oxygen atoms in total. The summed E-state index contributed by atoms with van der Waals surface area (Å²) in [5.74, 6) is 0.813. The van der Waals surface area contributed by atoms with E-state index in [1.165, 1.54) is 12.8 Å². The Hall–Kier alpha value is -0.940. The molecular weight excluding hydrogens is 246 g/mol. The SMILES string of the molecule is CCC1CCNC(C(=O)NCc2scnc2C)C1. The van der Waals surface area contributed by atoms with Gasteiger partial charge >= 0.3 is 0 Å².